The Bertz CT molecular complexity index is 430. The van der Waals surface area contributed by atoms with Crippen LogP contribution in [0.25, 0.3) is 0 Å². The van der Waals surface area contributed by atoms with Crippen molar-refractivity contribution in [3.05, 3.63) is 0 Å². The van der Waals surface area contributed by atoms with Gasteiger partial charge in [-0.25, -0.2) is 0 Å². The van der Waals surface area contributed by atoms with Crippen molar-refractivity contribution in [1.29, 1.82) is 0 Å². The molecule has 0 saturated carbocycles. The molecule has 182 valence electrons. The summed E-state index contributed by atoms with van der Waals surface area (Å²) in [4.78, 5) is 12.0. The second kappa shape index (κ2) is 18.6. The fraction of sp³-hybridized carbons (Fsp3) is 1.00. The Morgan fingerprint density at radius 2 is 1.33 bits per heavy atom. The van der Waals surface area contributed by atoms with Crippen molar-refractivity contribution >= 4 is 7.82 Å². The molecule has 0 N–H and O–H groups in total. The van der Waals surface area contributed by atoms with Crippen LogP contribution in [0.2, 0.25) is 0 Å². The number of phosphoric ester groups is 1. The van der Waals surface area contributed by atoms with Gasteiger partial charge in [-0.2, -0.15) is 0 Å². The molecule has 2 atom stereocenters. The molecule has 0 amide bonds. The van der Waals surface area contributed by atoms with Gasteiger partial charge in [0.05, 0.1) is 34.4 Å². The van der Waals surface area contributed by atoms with Crippen LogP contribution in [0.4, 0.5) is 0 Å². The van der Waals surface area contributed by atoms with Crippen molar-refractivity contribution in [2.75, 3.05) is 60.7 Å². The lowest BCUT2D eigenvalue weighted by Crippen LogP contribution is -2.37. The van der Waals surface area contributed by atoms with Crippen LogP contribution in [-0.4, -0.2) is 71.3 Å². The zero-order valence-electron chi connectivity index (χ0n) is 20.2. The molecule has 0 saturated heterocycles. The first kappa shape index (κ1) is 30.0. The van der Waals surface area contributed by atoms with Crippen LogP contribution in [-0.2, 0) is 23.1 Å². The van der Waals surface area contributed by atoms with E-state index in [1.165, 1.54) is 38.5 Å². The van der Waals surface area contributed by atoms with Crippen LogP contribution >= 0.6 is 7.82 Å². The van der Waals surface area contributed by atoms with E-state index in [2.05, 4.69) is 13.8 Å². The number of rotatable bonds is 22. The second-order valence-electron chi connectivity index (χ2n) is 8.99. The predicted molar refractivity (Wildman–Crippen MR) is 120 cm³/mol. The maximum atomic E-state index is 12.0. The van der Waals surface area contributed by atoms with Gasteiger partial charge in [0.1, 0.15) is 19.3 Å². The number of ether oxygens (including phenoxy) is 2. The quantitative estimate of drug-likeness (QED) is 0.136. The van der Waals surface area contributed by atoms with Crippen molar-refractivity contribution in [3.8, 4) is 0 Å². The first-order valence-corrected chi connectivity index (χ1v) is 13.3. The molecule has 0 bridgehead atoms. The third-order valence-electron chi connectivity index (χ3n) is 4.73. The van der Waals surface area contributed by atoms with Crippen LogP contribution in [0.1, 0.15) is 78.1 Å². The molecule has 0 spiro atoms. The van der Waals surface area contributed by atoms with Gasteiger partial charge >= 0.3 is 0 Å². The summed E-state index contributed by atoms with van der Waals surface area (Å²) in [6, 6.07) is 0. The molecule has 0 rings (SSSR count). The summed E-state index contributed by atoms with van der Waals surface area (Å²) in [7, 11) is 1.59. The van der Waals surface area contributed by atoms with E-state index in [9.17, 15) is 9.46 Å². The molecule has 0 radical (unpaired) electrons. The number of nitrogens with zero attached hydrogens (tertiary/aromatic N) is 1. The highest BCUT2D eigenvalue weighted by atomic mass is 31.2. The lowest BCUT2D eigenvalue weighted by Gasteiger charge is -2.28. The van der Waals surface area contributed by atoms with E-state index < -0.39 is 13.9 Å². The van der Waals surface area contributed by atoms with Gasteiger partial charge in [-0.1, -0.05) is 65.2 Å². The first-order chi connectivity index (χ1) is 14.2. The fourth-order valence-corrected chi connectivity index (χ4v) is 3.49. The van der Waals surface area contributed by atoms with E-state index in [-0.39, 0.29) is 13.2 Å². The molecule has 8 heteroatoms. The van der Waals surface area contributed by atoms with Gasteiger partial charge in [0.15, 0.2) is 0 Å². The van der Waals surface area contributed by atoms with E-state index in [0.29, 0.717) is 30.8 Å². The highest BCUT2D eigenvalue weighted by Gasteiger charge is 2.17. The molecule has 0 aliphatic carbocycles. The highest BCUT2D eigenvalue weighted by molar-refractivity contribution is 7.45. The number of likely N-dealkylation sites (N-methyl/N-ethyl adjacent to an activating group) is 1. The minimum atomic E-state index is -4.34. The van der Waals surface area contributed by atoms with E-state index in [0.717, 1.165) is 25.7 Å². The van der Waals surface area contributed by atoms with E-state index in [4.69, 9.17) is 18.5 Å². The van der Waals surface area contributed by atoms with Crippen LogP contribution in [0.3, 0.4) is 0 Å². The minimum absolute atomic E-state index is 0.0735. The van der Waals surface area contributed by atoms with Crippen LogP contribution in [0.5, 0.6) is 0 Å². The summed E-state index contributed by atoms with van der Waals surface area (Å²) >= 11 is 0. The summed E-state index contributed by atoms with van der Waals surface area (Å²) in [5.41, 5.74) is 0. The second-order valence-corrected chi connectivity index (χ2v) is 10.4. The Kier molecular flexibility index (Phi) is 18.5. The smallest absolute Gasteiger partial charge is 0.268 e. The summed E-state index contributed by atoms with van der Waals surface area (Å²) in [5.74, 6) is 0. The number of hydrogen-bond donors (Lipinski definition) is 0. The number of phosphoric acid groups is 1. The van der Waals surface area contributed by atoms with E-state index in [1.807, 2.05) is 21.1 Å². The highest BCUT2D eigenvalue weighted by Crippen LogP contribution is 2.38. The maximum Gasteiger partial charge on any atom is 0.268 e. The van der Waals surface area contributed by atoms with Crippen molar-refractivity contribution in [3.63, 3.8) is 0 Å². The predicted octanol–water partition coefficient (Wildman–Crippen LogP) is 4.54. The van der Waals surface area contributed by atoms with Gasteiger partial charge < -0.3 is 27.9 Å². The molecule has 0 fully saturated rings. The standard InChI is InChI=1S/C22H48NO6P/c1-6-8-10-12-14-17-26-20-22(27-18-15-13-11-9-7-2)21-29-30(24,25)28-19-16-23(3,4)5/h22H,6-21H2,1-5H3. The molecule has 0 aromatic rings. The molecule has 7 nitrogen and oxygen atoms in total. The van der Waals surface area contributed by atoms with Gasteiger partial charge in [0.2, 0.25) is 0 Å². The monoisotopic (exact) mass is 453 g/mol. The third-order valence-corrected chi connectivity index (χ3v) is 5.69. The average Bonchev–Trinajstić information content (AvgIpc) is 2.66. The summed E-state index contributed by atoms with van der Waals surface area (Å²) in [6.07, 6.45) is 11.2. The van der Waals surface area contributed by atoms with Gasteiger partial charge in [-0.05, 0) is 12.8 Å². The summed E-state index contributed by atoms with van der Waals surface area (Å²) < 4.78 is 34.3. The van der Waals surface area contributed by atoms with Crippen molar-refractivity contribution < 1.29 is 32.5 Å². The molecule has 0 aliphatic heterocycles. The summed E-state index contributed by atoms with van der Waals surface area (Å²) in [5, 5.41) is 0. The zero-order valence-corrected chi connectivity index (χ0v) is 21.1. The van der Waals surface area contributed by atoms with Gasteiger partial charge in [-0.3, -0.25) is 4.57 Å². The van der Waals surface area contributed by atoms with Crippen LogP contribution in [0.15, 0.2) is 0 Å². The molecule has 2 unspecified atom stereocenters. The van der Waals surface area contributed by atoms with Gasteiger partial charge in [0.25, 0.3) is 7.82 Å². The minimum Gasteiger partial charge on any atom is -0.756 e. The SMILES string of the molecule is CCCCCCCOCC(COP(=O)([O-])OCC[N+](C)(C)C)OCCCCCCC. The van der Waals surface area contributed by atoms with Crippen molar-refractivity contribution in [1.82, 2.24) is 0 Å². The molecular formula is C22H48NO6P. The Morgan fingerprint density at radius 3 is 1.90 bits per heavy atom. The normalized spacial score (nSPS) is 15.3. The summed E-state index contributed by atoms with van der Waals surface area (Å²) in [6.45, 7) is 6.57. The van der Waals surface area contributed by atoms with Crippen LogP contribution in [0, 0.1) is 0 Å². The molecule has 0 aliphatic rings. The lowest BCUT2D eigenvalue weighted by atomic mass is 10.2. The average molecular weight is 454 g/mol. The number of quaternary nitrogens is 1. The molecular weight excluding hydrogens is 405 g/mol. The van der Waals surface area contributed by atoms with E-state index >= 15 is 0 Å². The Hall–Kier alpha value is -0.0100. The Morgan fingerprint density at radius 1 is 0.767 bits per heavy atom. The van der Waals surface area contributed by atoms with Gasteiger partial charge in [0, 0.05) is 13.2 Å². The molecule has 30 heavy (non-hydrogen) atoms. The number of unbranched alkanes of at least 4 members (excludes halogenated alkanes) is 8. The topological polar surface area (TPSA) is 77.1 Å². The first-order valence-electron chi connectivity index (χ1n) is 11.8. The Labute approximate surface area is 185 Å². The fourth-order valence-electron chi connectivity index (χ4n) is 2.76. The van der Waals surface area contributed by atoms with Crippen LogP contribution < -0.4 is 4.89 Å². The molecule has 0 heterocycles. The lowest BCUT2D eigenvalue weighted by molar-refractivity contribution is -0.870. The maximum absolute atomic E-state index is 12.0. The van der Waals surface area contributed by atoms with Gasteiger partial charge in [-0.15, -0.1) is 0 Å². The molecule has 0 aromatic heterocycles. The molecule has 0 aromatic carbocycles. The van der Waals surface area contributed by atoms with E-state index in [1.54, 1.807) is 0 Å². The Balaban J connectivity index is 4.26. The third kappa shape index (κ3) is 21.2. The number of hydrogen-bond acceptors (Lipinski definition) is 6. The largest absolute Gasteiger partial charge is 0.756 e. The zero-order chi connectivity index (χ0) is 22.7. The van der Waals surface area contributed by atoms with Crippen molar-refractivity contribution in [2.45, 2.75) is 84.2 Å². The van der Waals surface area contributed by atoms with Crippen molar-refractivity contribution in [2.24, 2.45) is 0 Å².